The van der Waals surface area contributed by atoms with Crippen LogP contribution in [0.4, 0.5) is 0 Å². The molecule has 0 aromatic heterocycles. The minimum absolute atomic E-state index is 0.0567. The summed E-state index contributed by atoms with van der Waals surface area (Å²) in [5, 5.41) is 10.4. The summed E-state index contributed by atoms with van der Waals surface area (Å²) in [7, 11) is 0. The molecule has 2 amide bonds. The summed E-state index contributed by atoms with van der Waals surface area (Å²) in [6, 6.07) is 15.9. The second kappa shape index (κ2) is 14.6. The van der Waals surface area contributed by atoms with Gasteiger partial charge in [-0.15, -0.1) is 0 Å². The van der Waals surface area contributed by atoms with E-state index in [9.17, 15) is 14.4 Å². The number of amides is 2. The van der Waals surface area contributed by atoms with Crippen LogP contribution in [0, 0.1) is 0 Å². The van der Waals surface area contributed by atoms with Crippen LogP contribution in [0.25, 0.3) is 0 Å². The van der Waals surface area contributed by atoms with Gasteiger partial charge in [0.15, 0.2) is 5.96 Å². The molecule has 226 valence electrons. The summed E-state index contributed by atoms with van der Waals surface area (Å²) in [4.78, 5) is 43.6. The fourth-order valence-electron chi connectivity index (χ4n) is 5.62. The molecule has 0 unspecified atom stereocenters. The van der Waals surface area contributed by atoms with Gasteiger partial charge in [0.2, 0.25) is 11.7 Å². The van der Waals surface area contributed by atoms with E-state index in [2.05, 4.69) is 32.8 Å². The SMILES string of the molecule is NC(N)=NCCC[C@H](NC(=O)[C@@H]1CCN2CC[C@@](N)(Cc3ccccc3)CN12)C(=O)C(=O)NCCc1ccc(Cl)cc1. The topological polar surface area (TPSA) is 172 Å². The third kappa shape index (κ3) is 8.75. The largest absolute Gasteiger partial charge is 0.370 e. The Morgan fingerprint density at radius 3 is 2.50 bits per heavy atom. The minimum Gasteiger partial charge on any atom is -0.370 e. The van der Waals surface area contributed by atoms with Crippen molar-refractivity contribution >= 4 is 35.2 Å². The number of rotatable bonds is 13. The number of nitrogens with zero attached hydrogens (tertiary/aromatic N) is 3. The predicted octanol–water partition coefficient (Wildman–Crippen LogP) is 0.741. The number of hydrogen-bond donors (Lipinski definition) is 5. The molecule has 4 rings (SSSR count). The van der Waals surface area contributed by atoms with E-state index in [1.807, 2.05) is 35.3 Å². The number of fused-ring (bicyclic) bond motifs is 1. The number of carbonyl (C=O) groups excluding carboxylic acids is 3. The molecule has 2 aromatic carbocycles. The van der Waals surface area contributed by atoms with E-state index in [-0.39, 0.29) is 31.4 Å². The molecule has 0 radical (unpaired) electrons. The number of guanidine groups is 1. The van der Waals surface area contributed by atoms with Crippen LogP contribution in [0.5, 0.6) is 0 Å². The zero-order chi connectivity index (χ0) is 30.1. The number of nitrogens with one attached hydrogen (secondary N) is 2. The molecule has 2 aliphatic heterocycles. The van der Waals surface area contributed by atoms with Crippen molar-refractivity contribution in [3.63, 3.8) is 0 Å². The van der Waals surface area contributed by atoms with Crippen LogP contribution >= 0.6 is 11.6 Å². The summed E-state index contributed by atoms with van der Waals surface area (Å²) in [5.41, 5.74) is 19.3. The maximum absolute atomic E-state index is 13.6. The Bertz CT molecular complexity index is 1250. The smallest absolute Gasteiger partial charge is 0.289 e. The molecule has 12 heteroatoms. The van der Waals surface area contributed by atoms with Gasteiger partial charge in [0.05, 0.1) is 6.04 Å². The van der Waals surface area contributed by atoms with Crippen molar-refractivity contribution in [3.8, 4) is 0 Å². The highest BCUT2D eigenvalue weighted by atomic mass is 35.5. The summed E-state index contributed by atoms with van der Waals surface area (Å²) in [5.74, 6) is -1.80. The highest BCUT2D eigenvalue weighted by molar-refractivity contribution is 6.38. The Labute approximate surface area is 251 Å². The van der Waals surface area contributed by atoms with E-state index in [0.29, 0.717) is 37.3 Å². The predicted molar refractivity (Wildman–Crippen MR) is 163 cm³/mol. The van der Waals surface area contributed by atoms with Crippen LogP contribution in [-0.2, 0) is 27.2 Å². The first-order valence-corrected chi connectivity index (χ1v) is 14.8. The first-order valence-electron chi connectivity index (χ1n) is 14.4. The molecule has 0 saturated carbocycles. The summed E-state index contributed by atoms with van der Waals surface area (Å²) >= 11 is 5.93. The standard InChI is InChI=1S/C30H41ClN8O3/c31-23-10-8-21(9-11-23)12-16-35-28(42)26(40)24(7-4-15-36-29(32)33)37-27(41)25-13-17-38-18-14-30(34,20-39(25)38)19-22-5-2-1-3-6-22/h1-3,5-6,8-11,24-25H,4,7,12-20,34H2,(H,35,42)(H,37,41)(H4,32,33,36)/t24-,25-,30+/m0/s1. The molecule has 0 bridgehead atoms. The van der Waals surface area contributed by atoms with Crippen LogP contribution in [0.2, 0.25) is 5.02 Å². The molecule has 2 aliphatic rings. The van der Waals surface area contributed by atoms with Crippen LogP contribution in [0.15, 0.2) is 59.6 Å². The third-order valence-electron chi connectivity index (χ3n) is 7.84. The molecule has 2 aromatic rings. The van der Waals surface area contributed by atoms with Gasteiger partial charge in [-0.25, -0.2) is 10.0 Å². The molecular weight excluding hydrogens is 556 g/mol. The van der Waals surface area contributed by atoms with Gasteiger partial charge in [0, 0.05) is 43.3 Å². The zero-order valence-corrected chi connectivity index (χ0v) is 24.6. The molecular formula is C30H41ClN8O3. The zero-order valence-electron chi connectivity index (χ0n) is 23.8. The second-order valence-corrected chi connectivity index (χ2v) is 11.6. The van der Waals surface area contributed by atoms with Gasteiger partial charge in [0.1, 0.15) is 6.04 Å². The lowest BCUT2D eigenvalue weighted by molar-refractivity contribution is -0.142. The number of halogens is 1. The van der Waals surface area contributed by atoms with E-state index < -0.39 is 29.3 Å². The Kier molecular flexibility index (Phi) is 10.9. The molecule has 11 nitrogen and oxygen atoms in total. The monoisotopic (exact) mass is 596 g/mol. The fraction of sp³-hybridized carbons (Fsp3) is 0.467. The Morgan fingerprint density at radius 1 is 1.05 bits per heavy atom. The van der Waals surface area contributed by atoms with Crippen molar-refractivity contribution in [1.82, 2.24) is 20.7 Å². The van der Waals surface area contributed by atoms with Crippen LogP contribution in [0.3, 0.4) is 0 Å². The van der Waals surface area contributed by atoms with Gasteiger partial charge in [0.25, 0.3) is 5.91 Å². The van der Waals surface area contributed by atoms with Crippen molar-refractivity contribution < 1.29 is 14.4 Å². The van der Waals surface area contributed by atoms with Gasteiger partial charge < -0.3 is 27.8 Å². The lowest BCUT2D eigenvalue weighted by Crippen LogP contribution is -2.64. The third-order valence-corrected chi connectivity index (χ3v) is 8.10. The summed E-state index contributed by atoms with van der Waals surface area (Å²) < 4.78 is 0. The normalized spacial score (nSPS) is 21.2. The van der Waals surface area contributed by atoms with Crippen LogP contribution in [-0.4, -0.2) is 83.9 Å². The van der Waals surface area contributed by atoms with Crippen LogP contribution in [0.1, 0.15) is 36.8 Å². The van der Waals surface area contributed by atoms with E-state index in [1.54, 1.807) is 12.1 Å². The van der Waals surface area contributed by atoms with E-state index in [4.69, 9.17) is 28.8 Å². The van der Waals surface area contributed by atoms with Crippen molar-refractivity contribution in [2.24, 2.45) is 22.2 Å². The number of hydrazine groups is 1. The second-order valence-electron chi connectivity index (χ2n) is 11.1. The van der Waals surface area contributed by atoms with Gasteiger partial charge in [-0.05, 0) is 61.8 Å². The molecule has 2 heterocycles. The van der Waals surface area contributed by atoms with Gasteiger partial charge in [-0.2, -0.15) is 0 Å². The van der Waals surface area contributed by atoms with Crippen molar-refractivity contribution in [1.29, 1.82) is 0 Å². The molecule has 8 N–H and O–H groups in total. The lowest BCUT2D eigenvalue weighted by atomic mass is 9.86. The van der Waals surface area contributed by atoms with Crippen molar-refractivity contribution in [2.45, 2.75) is 56.1 Å². The molecule has 0 spiro atoms. The molecule has 0 aliphatic carbocycles. The number of nitrogens with two attached hydrogens (primary N) is 3. The Morgan fingerprint density at radius 2 is 1.79 bits per heavy atom. The molecule has 3 atom stereocenters. The Hall–Kier alpha value is -3.51. The first-order chi connectivity index (χ1) is 20.1. The van der Waals surface area contributed by atoms with Crippen LogP contribution < -0.4 is 27.8 Å². The molecule has 42 heavy (non-hydrogen) atoms. The summed E-state index contributed by atoms with van der Waals surface area (Å²) in [6.07, 6.45) is 3.29. The maximum Gasteiger partial charge on any atom is 0.289 e. The highest BCUT2D eigenvalue weighted by Crippen LogP contribution is 2.30. The molecule has 2 fully saturated rings. The van der Waals surface area contributed by atoms with E-state index in [0.717, 1.165) is 30.6 Å². The average molecular weight is 597 g/mol. The lowest BCUT2D eigenvalue weighted by Gasteiger charge is -2.45. The average Bonchev–Trinajstić information content (AvgIpc) is 3.38. The highest BCUT2D eigenvalue weighted by Gasteiger charge is 2.45. The van der Waals surface area contributed by atoms with Crippen molar-refractivity contribution in [2.75, 3.05) is 32.7 Å². The maximum atomic E-state index is 13.6. The number of hydrogen-bond acceptors (Lipinski definition) is 7. The fourth-order valence-corrected chi connectivity index (χ4v) is 5.75. The van der Waals surface area contributed by atoms with Gasteiger partial charge in [-0.1, -0.05) is 54.1 Å². The number of aliphatic imine (C=N–C) groups is 1. The number of Topliss-reactive ketones (excluding diaryl/α,β-unsaturated/α-hetero) is 1. The first kappa shape index (κ1) is 31.4. The number of benzene rings is 2. The number of ketones is 1. The Balaban J connectivity index is 1.38. The molecule has 2 saturated heterocycles. The van der Waals surface area contributed by atoms with Gasteiger partial charge >= 0.3 is 0 Å². The minimum atomic E-state index is -1.01. The van der Waals surface area contributed by atoms with Crippen molar-refractivity contribution in [3.05, 3.63) is 70.7 Å². The van der Waals surface area contributed by atoms with Gasteiger partial charge in [-0.3, -0.25) is 19.4 Å². The van der Waals surface area contributed by atoms with E-state index in [1.165, 1.54) is 0 Å². The quantitative estimate of drug-likeness (QED) is 0.0974. The summed E-state index contributed by atoms with van der Waals surface area (Å²) in [6.45, 7) is 2.55. The van der Waals surface area contributed by atoms with E-state index >= 15 is 0 Å². The number of carbonyl (C=O) groups is 3.